The summed E-state index contributed by atoms with van der Waals surface area (Å²) in [6.45, 7) is 0.533. The molecular formula is C14H19N3. The molecule has 1 aliphatic rings. The summed E-state index contributed by atoms with van der Waals surface area (Å²) in [5, 5.41) is 0. The molecule has 0 unspecified atom stereocenters. The summed E-state index contributed by atoms with van der Waals surface area (Å²) in [6, 6.07) is 8.98. The van der Waals surface area contributed by atoms with Gasteiger partial charge in [-0.25, -0.2) is 4.98 Å². The summed E-state index contributed by atoms with van der Waals surface area (Å²) in [4.78, 5) is 4.64. The molecule has 0 radical (unpaired) electrons. The first-order valence-corrected chi connectivity index (χ1v) is 6.56. The first-order valence-electron chi connectivity index (χ1n) is 6.56. The Kier molecular flexibility index (Phi) is 2.85. The highest BCUT2D eigenvalue weighted by Crippen LogP contribution is 2.32. The highest BCUT2D eigenvalue weighted by molar-refractivity contribution is 5.76. The molecule has 1 heterocycles. The standard InChI is InChI=1S/C14H19N3/c15-10-14-16-12-8-4-5-9-13(12)17(14)11-6-2-1-3-7-11/h4-5,8-9,11H,1-3,6-7,10,15H2. The fourth-order valence-electron chi connectivity index (χ4n) is 2.99. The first-order chi connectivity index (χ1) is 8.40. The molecule has 1 aliphatic carbocycles. The van der Waals surface area contributed by atoms with Gasteiger partial charge in [-0.05, 0) is 25.0 Å². The van der Waals surface area contributed by atoms with Crippen LogP contribution in [0, 0.1) is 0 Å². The second kappa shape index (κ2) is 4.49. The lowest BCUT2D eigenvalue weighted by Gasteiger charge is -2.25. The number of fused-ring (bicyclic) bond motifs is 1. The lowest BCUT2D eigenvalue weighted by molar-refractivity contribution is 0.352. The molecule has 0 bridgehead atoms. The smallest absolute Gasteiger partial charge is 0.123 e. The number of hydrogen-bond donors (Lipinski definition) is 1. The summed E-state index contributed by atoms with van der Waals surface area (Å²) in [7, 11) is 0. The van der Waals surface area contributed by atoms with E-state index in [0.29, 0.717) is 12.6 Å². The third-order valence-electron chi connectivity index (χ3n) is 3.79. The van der Waals surface area contributed by atoms with Crippen molar-refractivity contribution in [3.63, 3.8) is 0 Å². The Morgan fingerprint density at radius 2 is 1.94 bits per heavy atom. The molecule has 17 heavy (non-hydrogen) atoms. The Bertz CT molecular complexity index is 509. The van der Waals surface area contributed by atoms with Crippen molar-refractivity contribution in [2.45, 2.75) is 44.7 Å². The molecule has 0 amide bonds. The number of imidazole rings is 1. The Morgan fingerprint density at radius 1 is 1.18 bits per heavy atom. The van der Waals surface area contributed by atoms with Gasteiger partial charge in [-0.1, -0.05) is 31.4 Å². The van der Waals surface area contributed by atoms with Crippen LogP contribution >= 0.6 is 0 Å². The summed E-state index contributed by atoms with van der Waals surface area (Å²) in [6.07, 6.45) is 6.59. The lowest BCUT2D eigenvalue weighted by atomic mass is 9.95. The van der Waals surface area contributed by atoms with Gasteiger partial charge in [0.1, 0.15) is 5.82 Å². The van der Waals surface area contributed by atoms with Crippen LogP contribution in [-0.2, 0) is 6.54 Å². The van der Waals surface area contributed by atoms with Crippen LogP contribution in [0.3, 0.4) is 0 Å². The van der Waals surface area contributed by atoms with Gasteiger partial charge in [0.25, 0.3) is 0 Å². The van der Waals surface area contributed by atoms with E-state index in [2.05, 4.69) is 27.8 Å². The molecule has 2 aromatic rings. The van der Waals surface area contributed by atoms with E-state index in [9.17, 15) is 0 Å². The maximum Gasteiger partial charge on any atom is 0.123 e. The van der Waals surface area contributed by atoms with Gasteiger partial charge in [0.2, 0.25) is 0 Å². The van der Waals surface area contributed by atoms with Crippen LogP contribution < -0.4 is 5.73 Å². The van der Waals surface area contributed by atoms with Gasteiger partial charge < -0.3 is 10.3 Å². The molecular weight excluding hydrogens is 210 g/mol. The highest BCUT2D eigenvalue weighted by atomic mass is 15.1. The van der Waals surface area contributed by atoms with Gasteiger partial charge in [0.15, 0.2) is 0 Å². The van der Waals surface area contributed by atoms with E-state index in [1.807, 2.05) is 6.07 Å². The van der Waals surface area contributed by atoms with Crippen LogP contribution in [0.2, 0.25) is 0 Å². The van der Waals surface area contributed by atoms with Crippen LogP contribution in [-0.4, -0.2) is 9.55 Å². The second-order valence-electron chi connectivity index (χ2n) is 4.88. The first kappa shape index (κ1) is 10.8. The average Bonchev–Trinajstić information content (AvgIpc) is 2.78. The fourth-order valence-corrected chi connectivity index (χ4v) is 2.99. The zero-order chi connectivity index (χ0) is 11.7. The number of rotatable bonds is 2. The van der Waals surface area contributed by atoms with Crippen molar-refractivity contribution >= 4 is 11.0 Å². The zero-order valence-electron chi connectivity index (χ0n) is 10.1. The van der Waals surface area contributed by atoms with Crippen molar-refractivity contribution in [1.29, 1.82) is 0 Å². The van der Waals surface area contributed by atoms with Crippen LogP contribution in [0.4, 0.5) is 0 Å². The van der Waals surface area contributed by atoms with Crippen molar-refractivity contribution in [3.05, 3.63) is 30.1 Å². The van der Waals surface area contributed by atoms with E-state index in [4.69, 9.17) is 5.73 Å². The van der Waals surface area contributed by atoms with Crippen molar-refractivity contribution < 1.29 is 0 Å². The number of aromatic nitrogens is 2. The van der Waals surface area contributed by atoms with Crippen molar-refractivity contribution in [2.24, 2.45) is 5.73 Å². The van der Waals surface area contributed by atoms with Crippen LogP contribution in [0.25, 0.3) is 11.0 Å². The fraction of sp³-hybridized carbons (Fsp3) is 0.500. The number of nitrogens with two attached hydrogens (primary N) is 1. The monoisotopic (exact) mass is 229 g/mol. The Hall–Kier alpha value is -1.35. The molecule has 90 valence electrons. The van der Waals surface area contributed by atoms with Gasteiger partial charge in [0, 0.05) is 6.04 Å². The quantitative estimate of drug-likeness (QED) is 0.860. The summed E-state index contributed by atoms with van der Waals surface area (Å²) in [5.41, 5.74) is 8.17. The van der Waals surface area contributed by atoms with E-state index in [-0.39, 0.29) is 0 Å². The molecule has 0 aliphatic heterocycles. The van der Waals surface area contributed by atoms with E-state index in [1.165, 1.54) is 37.6 Å². The Labute approximate surface area is 102 Å². The molecule has 0 spiro atoms. The summed E-state index contributed by atoms with van der Waals surface area (Å²) in [5.74, 6) is 1.04. The number of hydrogen-bond acceptors (Lipinski definition) is 2. The Morgan fingerprint density at radius 3 is 2.71 bits per heavy atom. The minimum atomic E-state index is 0.533. The van der Waals surface area contributed by atoms with Crippen LogP contribution in [0.1, 0.15) is 44.0 Å². The average molecular weight is 229 g/mol. The van der Waals surface area contributed by atoms with Gasteiger partial charge in [0.05, 0.1) is 17.6 Å². The SMILES string of the molecule is NCc1nc2ccccc2n1C1CCCCC1. The molecule has 2 N–H and O–H groups in total. The van der Waals surface area contributed by atoms with E-state index >= 15 is 0 Å². The number of nitrogens with zero attached hydrogens (tertiary/aromatic N) is 2. The third kappa shape index (κ3) is 1.84. The molecule has 0 atom stereocenters. The minimum Gasteiger partial charge on any atom is -0.324 e. The normalized spacial score (nSPS) is 17.7. The molecule has 3 rings (SSSR count). The van der Waals surface area contributed by atoms with Gasteiger partial charge in [-0.3, -0.25) is 0 Å². The molecule has 1 aromatic carbocycles. The maximum absolute atomic E-state index is 5.84. The predicted octanol–water partition coefficient (Wildman–Crippen LogP) is 3.00. The second-order valence-corrected chi connectivity index (χ2v) is 4.88. The summed E-state index contributed by atoms with van der Waals surface area (Å²) < 4.78 is 2.38. The molecule has 3 nitrogen and oxygen atoms in total. The number of benzene rings is 1. The molecule has 1 saturated carbocycles. The van der Waals surface area contributed by atoms with Crippen LogP contribution in [0.15, 0.2) is 24.3 Å². The minimum absolute atomic E-state index is 0.533. The van der Waals surface area contributed by atoms with E-state index in [1.54, 1.807) is 0 Å². The van der Waals surface area contributed by atoms with Gasteiger partial charge in [-0.2, -0.15) is 0 Å². The molecule has 3 heteroatoms. The van der Waals surface area contributed by atoms with Crippen LogP contribution in [0.5, 0.6) is 0 Å². The predicted molar refractivity (Wildman–Crippen MR) is 69.7 cm³/mol. The van der Waals surface area contributed by atoms with Crippen molar-refractivity contribution in [2.75, 3.05) is 0 Å². The highest BCUT2D eigenvalue weighted by Gasteiger charge is 2.20. The number of para-hydroxylation sites is 2. The molecule has 1 aromatic heterocycles. The van der Waals surface area contributed by atoms with Gasteiger partial charge >= 0.3 is 0 Å². The van der Waals surface area contributed by atoms with E-state index < -0.39 is 0 Å². The summed E-state index contributed by atoms with van der Waals surface area (Å²) >= 11 is 0. The van der Waals surface area contributed by atoms with Gasteiger partial charge in [-0.15, -0.1) is 0 Å². The van der Waals surface area contributed by atoms with Crippen molar-refractivity contribution in [3.8, 4) is 0 Å². The third-order valence-corrected chi connectivity index (χ3v) is 3.79. The lowest BCUT2D eigenvalue weighted by Crippen LogP contribution is -2.17. The van der Waals surface area contributed by atoms with E-state index in [0.717, 1.165) is 11.3 Å². The zero-order valence-corrected chi connectivity index (χ0v) is 10.1. The topological polar surface area (TPSA) is 43.8 Å². The largest absolute Gasteiger partial charge is 0.324 e. The maximum atomic E-state index is 5.84. The molecule has 1 fully saturated rings. The Balaban J connectivity index is 2.11. The van der Waals surface area contributed by atoms with Crippen molar-refractivity contribution in [1.82, 2.24) is 9.55 Å². The molecule has 0 saturated heterocycles.